The van der Waals surface area contributed by atoms with Gasteiger partial charge in [0.1, 0.15) is 5.78 Å². The second-order valence-corrected chi connectivity index (χ2v) is 3.33. The van der Waals surface area contributed by atoms with Crippen LogP contribution in [0.4, 0.5) is 4.79 Å². The second kappa shape index (κ2) is 4.41. The number of hydrogen-bond acceptors (Lipinski definition) is 5. The molecule has 0 aromatic heterocycles. The molecule has 1 fully saturated rings. The van der Waals surface area contributed by atoms with Crippen LogP contribution >= 0.6 is 0 Å². The van der Waals surface area contributed by atoms with Crippen molar-refractivity contribution >= 4 is 11.9 Å². The molecule has 5 heteroatoms. The lowest BCUT2D eigenvalue weighted by atomic mass is 10.4. The second-order valence-electron chi connectivity index (χ2n) is 3.33. The third kappa shape index (κ3) is 3.33. The van der Waals surface area contributed by atoms with Gasteiger partial charge in [0.25, 0.3) is 0 Å². The maximum Gasteiger partial charge on any atom is 0.510 e. The Morgan fingerprint density at radius 1 is 1.43 bits per heavy atom. The predicted octanol–water partition coefficient (Wildman–Crippen LogP) is 0.828. The van der Waals surface area contributed by atoms with E-state index in [0.717, 1.165) is 12.8 Å². The van der Waals surface area contributed by atoms with Gasteiger partial charge in [-0.2, -0.15) is 0 Å². The number of ether oxygens (including phenoxy) is 2. The van der Waals surface area contributed by atoms with Crippen LogP contribution < -0.4 is 5.32 Å². The van der Waals surface area contributed by atoms with Crippen molar-refractivity contribution in [3.05, 3.63) is 0 Å². The van der Waals surface area contributed by atoms with Crippen molar-refractivity contribution in [1.82, 2.24) is 5.32 Å². The molecule has 0 atom stereocenters. The standard InChI is InChI=1S/C9H15NO4/c1-3-13-8(12)14-9(4-5-9)10-6-7(2)11/h10H,3-6H2,1-2H3. The summed E-state index contributed by atoms with van der Waals surface area (Å²) in [5.41, 5.74) is -0.641. The molecule has 0 radical (unpaired) electrons. The van der Waals surface area contributed by atoms with E-state index in [4.69, 9.17) is 4.74 Å². The summed E-state index contributed by atoms with van der Waals surface area (Å²) in [6.07, 6.45) is 0.791. The predicted molar refractivity (Wildman–Crippen MR) is 48.8 cm³/mol. The van der Waals surface area contributed by atoms with Crippen molar-refractivity contribution in [2.75, 3.05) is 13.2 Å². The first-order valence-electron chi connectivity index (χ1n) is 4.68. The number of rotatable bonds is 5. The van der Waals surface area contributed by atoms with Crippen LogP contribution in [-0.2, 0) is 14.3 Å². The topological polar surface area (TPSA) is 64.6 Å². The molecule has 1 aliphatic rings. The molecule has 0 spiro atoms. The molecule has 0 aliphatic heterocycles. The van der Waals surface area contributed by atoms with Crippen molar-refractivity contribution in [2.45, 2.75) is 32.4 Å². The zero-order chi connectivity index (χ0) is 10.6. The number of ketones is 1. The van der Waals surface area contributed by atoms with Gasteiger partial charge in [0.05, 0.1) is 13.2 Å². The third-order valence-corrected chi connectivity index (χ3v) is 1.90. The fraction of sp³-hybridized carbons (Fsp3) is 0.778. The Bertz CT molecular complexity index is 235. The lowest BCUT2D eigenvalue weighted by molar-refractivity contribution is -0.117. The van der Waals surface area contributed by atoms with Gasteiger partial charge >= 0.3 is 6.16 Å². The first-order valence-corrected chi connectivity index (χ1v) is 4.68. The summed E-state index contributed by atoms with van der Waals surface area (Å²) in [5.74, 6) is 0.0173. The Morgan fingerprint density at radius 2 is 2.07 bits per heavy atom. The van der Waals surface area contributed by atoms with Crippen molar-refractivity contribution in [3.63, 3.8) is 0 Å². The largest absolute Gasteiger partial charge is 0.510 e. The molecular weight excluding hydrogens is 186 g/mol. The quantitative estimate of drug-likeness (QED) is 0.527. The highest BCUT2D eigenvalue weighted by molar-refractivity contribution is 5.77. The number of hydrogen-bond donors (Lipinski definition) is 1. The Kier molecular flexibility index (Phi) is 3.46. The van der Waals surface area contributed by atoms with Crippen molar-refractivity contribution < 1.29 is 19.1 Å². The van der Waals surface area contributed by atoms with Crippen LogP contribution in [0, 0.1) is 0 Å². The summed E-state index contributed by atoms with van der Waals surface area (Å²) >= 11 is 0. The molecular formula is C9H15NO4. The van der Waals surface area contributed by atoms with Gasteiger partial charge in [0.2, 0.25) is 0 Å². The lowest BCUT2D eigenvalue weighted by Gasteiger charge is -2.16. The van der Waals surface area contributed by atoms with E-state index in [1.165, 1.54) is 6.92 Å². The normalized spacial score (nSPS) is 17.3. The summed E-state index contributed by atoms with van der Waals surface area (Å²) in [4.78, 5) is 21.7. The molecule has 14 heavy (non-hydrogen) atoms. The van der Waals surface area contributed by atoms with E-state index in [2.05, 4.69) is 10.1 Å². The van der Waals surface area contributed by atoms with E-state index in [1.54, 1.807) is 6.92 Å². The summed E-state index contributed by atoms with van der Waals surface area (Å²) in [7, 11) is 0. The molecule has 0 heterocycles. The van der Waals surface area contributed by atoms with Crippen LogP contribution in [0.2, 0.25) is 0 Å². The Hall–Kier alpha value is -1.10. The Morgan fingerprint density at radius 3 is 2.50 bits per heavy atom. The molecule has 0 unspecified atom stereocenters. The van der Waals surface area contributed by atoms with Crippen LogP contribution in [0.3, 0.4) is 0 Å². The van der Waals surface area contributed by atoms with Crippen LogP contribution in [0.5, 0.6) is 0 Å². The molecule has 0 bridgehead atoms. The molecule has 0 amide bonds. The van der Waals surface area contributed by atoms with Crippen LogP contribution in [0.1, 0.15) is 26.7 Å². The lowest BCUT2D eigenvalue weighted by Crippen LogP contribution is -2.39. The molecule has 0 saturated heterocycles. The van der Waals surface area contributed by atoms with Crippen LogP contribution in [-0.4, -0.2) is 30.8 Å². The minimum Gasteiger partial charge on any atom is -0.435 e. The number of Topliss-reactive ketones (excluding diaryl/α,β-unsaturated/α-hetero) is 1. The minimum absolute atomic E-state index is 0.0173. The van der Waals surface area contributed by atoms with E-state index < -0.39 is 11.9 Å². The average Bonchev–Trinajstić information content (AvgIpc) is 2.83. The Labute approximate surface area is 82.8 Å². The van der Waals surface area contributed by atoms with Gasteiger partial charge < -0.3 is 9.47 Å². The highest BCUT2D eigenvalue weighted by Crippen LogP contribution is 2.36. The van der Waals surface area contributed by atoms with Gasteiger partial charge in [-0.25, -0.2) is 4.79 Å². The van der Waals surface area contributed by atoms with Gasteiger partial charge in [0, 0.05) is 12.8 Å². The molecule has 1 saturated carbocycles. The minimum atomic E-state index is -0.680. The van der Waals surface area contributed by atoms with E-state index in [0.29, 0.717) is 6.61 Å². The number of nitrogens with one attached hydrogen (secondary N) is 1. The molecule has 80 valence electrons. The van der Waals surface area contributed by atoms with E-state index in [1.807, 2.05) is 0 Å². The van der Waals surface area contributed by atoms with E-state index in [9.17, 15) is 9.59 Å². The zero-order valence-electron chi connectivity index (χ0n) is 8.46. The molecule has 0 aromatic rings. The van der Waals surface area contributed by atoms with E-state index in [-0.39, 0.29) is 12.3 Å². The molecule has 1 N–H and O–H groups in total. The van der Waals surface area contributed by atoms with Crippen molar-refractivity contribution in [3.8, 4) is 0 Å². The number of carbonyl (C=O) groups is 2. The highest BCUT2D eigenvalue weighted by Gasteiger charge is 2.47. The van der Waals surface area contributed by atoms with Gasteiger partial charge in [-0.1, -0.05) is 0 Å². The summed E-state index contributed by atoms with van der Waals surface area (Å²) in [6, 6.07) is 0. The molecule has 5 nitrogen and oxygen atoms in total. The average molecular weight is 201 g/mol. The van der Waals surface area contributed by atoms with Crippen LogP contribution in [0.25, 0.3) is 0 Å². The summed E-state index contributed by atoms with van der Waals surface area (Å²) in [5, 5.41) is 2.89. The van der Waals surface area contributed by atoms with Crippen molar-refractivity contribution in [2.24, 2.45) is 0 Å². The van der Waals surface area contributed by atoms with Crippen molar-refractivity contribution in [1.29, 1.82) is 0 Å². The van der Waals surface area contributed by atoms with Gasteiger partial charge in [0.15, 0.2) is 5.72 Å². The SMILES string of the molecule is CCOC(=O)OC1(NCC(C)=O)CC1. The molecule has 0 aromatic carbocycles. The molecule has 1 rings (SSSR count). The van der Waals surface area contributed by atoms with Crippen LogP contribution in [0.15, 0.2) is 0 Å². The van der Waals surface area contributed by atoms with Gasteiger partial charge in [-0.05, 0) is 13.8 Å². The highest BCUT2D eigenvalue weighted by atomic mass is 16.7. The maximum absolute atomic E-state index is 11.0. The Balaban J connectivity index is 2.28. The number of carbonyl (C=O) groups excluding carboxylic acids is 2. The maximum atomic E-state index is 11.0. The van der Waals surface area contributed by atoms with Gasteiger partial charge in [-0.15, -0.1) is 0 Å². The molecule has 1 aliphatic carbocycles. The smallest absolute Gasteiger partial charge is 0.435 e. The summed E-state index contributed by atoms with van der Waals surface area (Å²) in [6.45, 7) is 3.71. The zero-order valence-corrected chi connectivity index (χ0v) is 8.46. The monoisotopic (exact) mass is 201 g/mol. The first kappa shape index (κ1) is 11.0. The first-order chi connectivity index (χ1) is 6.58. The van der Waals surface area contributed by atoms with Gasteiger partial charge in [-0.3, -0.25) is 10.1 Å². The fourth-order valence-corrected chi connectivity index (χ4v) is 1.02. The third-order valence-electron chi connectivity index (χ3n) is 1.90. The fourth-order valence-electron chi connectivity index (χ4n) is 1.02. The van der Waals surface area contributed by atoms with E-state index >= 15 is 0 Å². The summed E-state index contributed by atoms with van der Waals surface area (Å²) < 4.78 is 9.65.